The number of nitrogens with one attached hydrogen (secondary N) is 1. The van der Waals surface area contributed by atoms with Crippen LogP contribution in [0.25, 0.3) is 0 Å². The van der Waals surface area contributed by atoms with Crippen LogP contribution in [0.1, 0.15) is 55.2 Å². The first-order valence-corrected chi connectivity index (χ1v) is 8.61. The molecule has 0 atom stereocenters. The highest BCUT2D eigenvalue weighted by atomic mass is 16.2. The number of aromatic amines is 1. The second-order valence-corrected chi connectivity index (χ2v) is 7.85. The van der Waals surface area contributed by atoms with Crippen LogP contribution < -0.4 is 0 Å². The Hall–Kier alpha value is -1.85. The molecule has 1 saturated carbocycles. The molecule has 0 unspecified atom stereocenters. The average molecular weight is 316 g/mol. The van der Waals surface area contributed by atoms with E-state index in [1.165, 1.54) is 6.42 Å². The van der Waals surface area contributed by atoms with Gasteiger partial charge >= 0.3 is 0 Å². The van der Waals surface area contributed by atoms with E-state index in [9.17, 15) is 9.59 Å². The minimum absolute atomic E-state index is 0.00236. The van der Waals surface area contributed by atoms with Crippen molar-refractivity contribution in [3.63, 3.8) is 0 Å². The zero-order valence-electron chi connectivity index (χ0n) is 13.8. The molecule has 0 radical (unpaired) electrons. The molecule has 1 N–H and O–H groups in total. The molecular formula is C17H24N4O2. The van der Waals surface area contributed by atoms with Crippen molar-refractivity contribution >= 4 is 11.8 Å². The van der Waals surface area contributed by atoms with E-state index in [-0.39, 0.29) is 17.2 Å². The molecule has 1 spiro atoms. The van der Waals surface area contributed by atoms with Crippen molar-refractivity contribution in [3.05, 3.63) is 17.5 Å². The SMILES string of the molecule is CC(C)c1cc(C(=O)N2CC3(C2)CN(C(=O)C2CCC2)C3)n[nH]1. The lowest BCUT2D eigenvalue weighted by atomic mass is 9.71. The van der Waals surface area contributed by atoms with Gasteiger partial charge in [0.1, 0.15) is 5.69 Å². The van der Waals surface area contributed by atoms with Crippen LogP contribution in [0.4, 0.5) is 0 Å². The smallest absolute Gasteiger partial charge is 0.274 e. The molecule has 4 rings (SSSR count). The lowest BCUT2D eigenvalue weighted by Crippen LogP contribution is -2.74. The fourth-order valence-electron chi connectivity index (χ4n) is 3.84. The molecule has 124 valence electrons. The molecule has 6 nitrogen and oxygen atoms in total. The number of aromatic nitrogens is 2. The Kier molecular flexibility index (Phi) is 3.25. The van der Waals surface area contributed by atoms with Gasteiger partial charge < -0.3 is 9.80 Å². The minimum Gasteiger partial charge on any atom is -0.341 e. The minimum atomic E-state index is 0.00236. The molecule has 2 saturated heterocycles. The predicted molar refractivity (Wildman–Crippen MR) is 84.9 cm³/mol. The summed E-state index contributed by atoms with van der Waals surface area (Å²) >= 11 is 0. The van der Waals surface area contributed by atoms with Gasteiger partial charge in [-0.2, -0.15) is 5.10 Å². The lowest BCUT2D eigenvalue weighted by molar-refractivity contribution is -0.161. The number of H-pyrrole nitrogens is 1. The number of hydrogen-bond donors (Lipinski definition) is 1. The van der Waals surface area contributed by atoms with Gasteiger partial charge in [-0.05, 0) is 24.8 Å². The van der Waals surface area contributed by atoms with Gasteiger partial charge in [0.15, 0.2) is 0 Å². The Morgan fingerprint density at radius 2 is 1.87 bits per heavy atom. The molecule has 23 heavy (non-hydrogen) atoms. The third-order valence-electron chi connectivity index (χ3n) is 5.60. The zero-order chi connectivity index (χ0) is 16.2. The Morgan fingerprint density at radius 1 is 1.22 bits per heavy atom. The third-order valence-corrected chi connectivity index (χ3v) is 5.60. The topological polar surface area (TPSA) is 69.3 Å². The van der Waals surface area contributed by atoms with Gasteiger partial charge in [0, 0.05) is 43.2 Å². The molecule has 1 aromatic rings. The Bertz CT molecular complexity index is 633. The molecule has 0 aromatic carbocycles. The molecule has 1 aliphatic carbocycles. The number of rotatable bonds is 3. The van der Waals surface area contributed by atoms with Crippen molar-refractivity contribution in [1.29, 1.82) is 0 Å². The van der Waals surface area contributed by atoms with Crippen LogP contribution in [0, 0.1) is 11.3 Å². The van der Waals surface area contributed by atoms with E-state index in [0.717, 1.165) is 44.7 Å². The third kappa shape index (κ3) is 2.35. The summed E-state index contributed by atoms with van der Waals surface area (Å²) in [4.78, 5) is 28.4. The molecule has 3 fully saturated rings. The van der Waals surface area contributed by atoms with Crippen molar-refractivity contribution in [2.45, 2.75) is 39.0 Å². The maximum atomic E-state index is 12.4. The van der Waals surface area contributed by atoms with Gasteiger partial charge in [0.25, 0.3) is 5.91 Å². The van der Waals surface area contributed by atoms with Crippen molar-refractivity contribution in [2.75, 3.05) is 26.2 Å². The largest absolute Gasteiger partial charge is 0.341 e. The quantitative estimate of drug-likeness (QED) is 0.921. The summed E-state index contributed by atoms with van der Waals surface area (Å²) in [6, 6.07) is 1.85. The molecule has 1 aromatic heterocycles. The van der Waals surface area contributed by atoms with Crippen LogP contribution in [0.15, 0.2) is 6.07 Å². The summed E-state index contributed by atoms with van der Waals surface area (Å²) in [5, 5.41) is 7.07. The number of carbonyl (C=O) groups is 2. The van der Waals surface area contributed by atoms with Gasteiger partial charge in [-0.3, -0.25) is 14.7 Å². The number of nitrogens with zero attached hydrogens (tertiary/aromatic N) is 3. The zero-order valence-corrected chi connectivity index (χ0v) is 13.8. The maximum Gasteiger partial charge on any atom is 0.274 e. The molecule has 0 bridgehead atoms. The molecule has 2 amide bonds. The first-order valence-electron chi connectivity index (χ1n) is 8.61. The molecule has 2 aliphatic heterocycles. The van der Waals surface area contributed by atoms with E-state index < -0.39 is 0 Å². The monoisotopic (exact) mass is 316 g/mol. The van der Waals surface area contributed by atoms with E-state index in [2.05, 4.69) is 24.0 Å². The highest BCUT2D eigenvalue weighted by molar-refractivity contribution is 5.93. The van der Waals surface area contributed by atoms with Gasteiger partial charge in [0.2, 0.25) is 5.91 Å². The Balaban J connectivity index is 1.30. The number of hydrogen-bond acceptors (Lipinski definition) is 3. The first-order chi connectivity index (χ1) is 11.0. The Labute approximate surface area is 136 Å². The lowest BCUT2D eigenvalue weighted by Gasteiger charge is -2.60. The summed E-state index contributed by atoms with van der Waals surface area (Å²) in [6.45, 7) is 7.30. The van der Waals surface area contributed by atoms with Gasteiger partial charge in [-0.1, -0.05) is 20.3 Å². The van der Waals surface area contributed by atoms with E-state index in [1.54, 1.807) is 0 Å². The van der Waals surface area contributed by atoms with E-state index in [1.807, 2.05) is 15.9 Å². The highest BCUT2D eigenvalue weighted by Crippen LogP contribution is 2.42. The summed E-state index contributed by atoms with van der Waals surface area (Å²) in [7, 11) is 0. The van der Waals surface area contributed by atoms with Crippen molar-refractivity contribution < 1.29 is 9.59 Å². The normalized spacial score (nSPS) is 22.7. The summed E-state index contributed by atoms with van der Waals surface area (Å²) < 4.78 is 0. The molecular weight excluding hydrogens is 292 g/mol. The van der Waals surface area contributed by atoms with Crippen molar-refractivity contribution in [1.82, 2.24) is 20.0 Å². The standard InChI is InChI=1S/C17H24N4O2/c1-11(2)13-6-14(19-18-13)16(23)21-9-17(10-21)7-20(8-17)15(22)12-4-3-5-12/h6,11-12H,3-5,7-10H2,1-2H3,(H,18,19). The van der Waals surface area contributed by atoms with Crippen LogP contribution in [0.3, 0.4) is 0 Å². The highest BCUT2D eigenvalue weighted by Gasteiger charge is 2.55. The number of carbonyl (C=O) groups excluding carboxylic acids is 2. The molecule has 3 aliphatic rings. The second kappa shape index (κ2) is 5.08. The average Bonchev–Trinajstić information content (AvgIpc) is 2.82. The predicted octanol–water partition coefficient (Wildman–Crippen LogP) is 1.62. The van der Waals surface area contributed by atoms with Crippen LogP contribution >= 0.6 is 0 Å². The number of amides is 2. The summed E-state index contributed by atoms with van der Waals surface area (Å²) in [5.74, 6) is 0.955. The summed E-state index contributed by atoms with van der Waals surface area (Å²) in [6.07, 6.45) is 3.31. The van der Waals surface area contributed by atoms with E-state index in [0.29, 0.717) is 17.5 Å². The first kappa shape index (κ1) is 14.7. The fourth-order valence-corrected chi connectivity index (χ4v) is 3.84. The van der Waals surface area contributed by atoms with E-state index >= 15 is 0 Å². The van der Waals surface area contributed by atoms with Crippen LogP contribution in [0.5, 0.6) is 0 Å². The molecule has 3 heterocycles. The van der Waals surface area contributed by atoms with Crippen LogP contribution in [-0.2, 0) is 4.79 Å². The van der Waals surface area contributed by atoms with Crippen molar-refractivity contribution in [2.24, 2.45) is 11.3 Å². The Morgan fingerprint density at radius 3 is 2.39 bits per heavy atom. The summed E-state index contributed by atoms with van der Waals surface area (Å²) in [5.41, 5.74) is 1.65. The van der Waals surface area contributed by atoms with Crippen molar-refractivity contribution in [3.8, 4) is 0 Å². The van der Waals surface area contributed by atoms with Gasteiger partial charge in [-0.15, -0.1) is 0 Å². The van der Waals surface area contributed by atoms with Gasteiger partial charge in [-0.25, -0.2) is 0 Å². The number of likely N-dealkylation sites (tertiary alicyclic amines) is 2. The molecule has 6 heteroatoms. The van der Waals surface area contributed by atoms with Crippen LogP contribution in [-0.4, -0.2) is 58.0 Å². The van der Waals surface area contributed by atoms with Crippen LogP contribution in [0.2, 0.25) is 0 Å². The second-order valence-electron chi connectivity index (χ2n) is 7.85. The maximum absolute atomic E-state index is 12.4. The van der Waals surface area contributed by atoms with E-state index in [4.69, 9.17) is 0 Å². The fraction of sp³-hybridized carbons (Fsp3) is 0.706. The van der Waals surface area contributed by atoms with Gasteiger partial charge in [0.05, 0.1) is 0 Å².